The van der Waals surface area contributed by atoms with Crippen molar-refractivity contribution < 1.29 is 4.79 Å². The summed E-state index contributed by atoms with van der Waals surface area (Å²) in [7, 11) is 0. The fourth-order valence-electron chi connectivity index (χ4n) is 1.70. The minimum Gasteiger partial charge on any atom is -0.300 e. The number of benzene rings is 1. The molecule has 0 heterocycles. The van der Waals surface area contributed by atoms with E-state index in [2.05, 4.69) is 18.7 Å². The minimum atomic E-state index is 0.387. The lowest BCUT2D eigenvalue weighted by Crippen LogP contribution is -1.98. The number of hydrogen-bond acceptors (Lipinski definition) is 1. The van der Waals surface area contributed by atoms with Gasteiger partial charge in [0.25, 0.3) is 0 Å². The van der Waals surface area contributed by atoms with E-state index >= 15 is 0 Å². The van der Waals surface area contributed by atoms with E-state index in [1.807, 2.05) is 24.3 Å². The smallest absolute Gasteiger partial charge is 0.132 e. The quantitative estimate of drug-likeness (QED) is 0.475. The first kappa shape index (κ1) is 12.7. The molecule has 1 heteroatoms. The van der Waals surface area contributed by atoms with E-state index in [0.29, 0.717) is 18.6 Å². The van der Waals surface area contributed by atoms with E-state index < -0.39 is 0 Å². The molecule has 86 valence electrons. The molecule has 16 heavy (non-hydrogen) atoms. The summed E-state index contributed by atoms with van der Waals surface area (Å²) in [6, 6.07) is 10.3. The normalized spacial score (nSPS) is 10.0. The highest BCUT2D eigenvalue weighted by Gasteiger charge is 2.01. The summed E-state index contributed by atoms with van der Waals surface area (Å²) in [4.78, 5) is 11.5. The van der Waals surface area contributed by atoms with Gasteiger partial charge in [0.1, 0.15) is 5.78 Å². The summed E-state index contributed by atoms with van der Waals surface area (Å²) in [5.41, 5.74) is 1.32. The highest BCUT2D eigenvalue weighted by atomic mass is 16.1. The van der Waals surface area contributed by atoms with Gasteiger partial charge in [-0.15, -0.1) is 6.58 Å². The molecule has 1 aromatic carbocycles. The molecule has 0 spiro atoms. The topological polar surface area (TPSA) is 17.1 Å². The van der Waals surface area contributed by atoms with Crippen molar-refractivity contribution in [1.29, 1.82) is 0 Å². The van der Waals surface area contributed by atoms with E-state index in [1.54, 1.807) is 0 Å². The monoisotopic (exact) mass is 216 g/mol. The molecule has 0 unspecified atom stereocenters. The second-order valence-corrected chi connectivity index (χ2v) is 4.06. The molecule has 0 bridgehead atoms. The van der Waals surface area contributed by atoms with Crippen LogP contribution in [0.1, 0.15) is 37.7 Å². The summed E-state index contributed by atoms with van der Waals surface area (Å²) in [6.07, 6.45) is 7.17. The van der Waals surface area contributed by atoms with Crippen LogP contribution in [0, 0.1) is 0 Å². The van der Waals surface area contributed by atoms with Crippen LogP contribution >= 0.6 is 0 Å². The van der Waals surface area contributed by atoms with Crippen LogP contribution in [0.2, 0.25) is 0 Å². The first-order valence-corrected chi connectivity index (χ1v) is 5.99. The van der Waals surface area contributed by atoms with Gasteiger partial charge < -0.3 is 0 Å². The van der Waals surface area contributed by atoms with Gasteiger partial charge >= 0.3 is 0 Å². The third-order valence-electron chi connectivity index (χ3n) is 2.63. The molecular formula is C15H20O. The molecule has 0 amide bonds. The summed E-state index contributed by atoms with van der Waals surface area (Å²) in [5.74, 6) is 0.387. The van der Waals surface area contributed by atoms with Crippen LogP contribution < -0.4 is 0 Å². The van der Waals surface area contributed by atoms with Crippen molar-refractivity contribution in [2.24, 2.45) is 0 Å². The van der Waals surface area contributed by atoms with Gasteiger partial charge in [0, 0.05) is 12.8 Å². The molecule has 0 aliphatic carbocycles. The molecule has 0 atom stereocenters. The molecule has 0 N–H and O–H groups in total. The van der Waals surface area contributed by atoms with Gasteiger partial charge in [-0.25, -0.2) is 0 Å². The molecule has 0 aliphatic heterocycles. The van der Waals surface area contributed by atoms with Gasteiger partial charge in [0.15, 0.2) is 0 Å². The van der Waals surface area contributed by atoms with Gasteiger partial charge in [0.2, 0.25) is 0 Å². The van der Waals surface area contributed by atoms with Gasteiger partial charge in [-0.05, 0) is 31.2 Å². The van der Waals surface area contributed by atoms with Crippen LogP contribution in [-0.4, -0.2) is 5.78 Å². The van der Waals surface area contributed by atoms with Crippen molar-refractivity contribution in [2.75, 3.05) is 0 Å². The van der Waals surface area contributed by atoms with E-state index in [9.17, 15) is 4.79 Å². The molecule has 0 fully saturated rings. The molecule has 1 nitrogen and oxygen atoms in total. The number of Topliss-reactive ketones (excluding diaryl/α,β-unsaturated/α-hetero) is 1. The van der Waals surface area contributed by atoms with Crippen molar-refractivity contribution in [3.63, 3.8) is 0 Å². The number of carbonyl (C=O) groups is 1. The highest BCUT2D eigenvalue weighted by molar-refractivity contribution is 5.78. The zero-order valence-corrected chi connectivity index (χ0v) is 9.82. The Morgan fingerprint density at radius 3 is 2.50 bits per heavy atom. The third-order valence-corrected chi connectivity index (χ3v) is 2.63. The van der Waals surface area contributed by atoms with Crippen molar-refractivity contribution >= 4 is 5.78 Å². The SMILES string of the molecule is C=CCCCC(=O)CCCc1ccccc1. The minimum absolute atomic E-state index is 0.387. The van der Waals surface area contributed by atoms with Crippen LogP contribution in [0.4, 0.5) is 0 Å². The molecular weight excluding hydrogens is 196 g/mol. The van der Waals surface area contributed by atoms with Gasteiger partial charge in [-0.1, -0.05) is 36.4 Å². The van der Waals surface area contributed by atoms with Crippen molar-refractivity contribution in [2.45, 2.75) is 38.5 Å². The van der Waals surface area contributed by atoms with Crippen LogP contribution in [0.15, 0.2) is 43.0 Å². The van der Waals surface area contributed by atoms with Crippen LogP contribution in [0.5, 0.6) is 0 Å². The Labute approximate surface area is 98.2 Å². The van der Waals surface area contributed by atoms with Crippen molar-refractivity contribution in [3.8, 4) is 0 Å². The molecule has 0 aliphatic rings. The number of allylic oxidation sites excluding steroid dienone is 1. The highest BCUT2D eigenvalue weighted by Crippen LogP contribution is 2.07. The standard InChI is InChI=1S/C15H20O/c1-2-3-5-12-15(16)13-8-11-14-9-6-4-7-10-14/h2,4,6-7,9-10H,1,3,5,8,11-13H2. The summed E-state index contributed by atoms with van der Waals surface area (Å²) in [5, 5.41) is 0. The lowest BCUT2D eigenvalue weighted by Gasteiger charge is -2.01. The Bertz CT molecular complexity index is 313. The van der Waals surface area contributed by atoms with Crippen LogP contribution in [0.25, 0.3) is 0 Å². The number of unbranched alkanes of at least 4 members (excludes halogenated alkanes) is 1. The average Bonchev–Trinajstić information content (AvgIpc) is 2.31. The Kier molecular flexibility index (Phi) is 6.24. The Balaban J connectivity index is 2.11. The van der Waals surface area contributed by atoms with E-state index in [1.165, 1.54) is 5.56 Å². The van der Waals surface area contributed by atoms with E-state index in [4.69, 9.17) is 0 Å². The lowest BCUT2D eigenvalue weighted by atomic mass is 10.0. The maximum atomic E-state index is 11.5. The third kappa shape index (κ3) is 5.50. The van der Waals surface area contributed by atoms with Crippen molar-refractivity contribution in [3.05, 3.63) is 48.6 Å². The predicted octanol–water partition coefficient (Wildman–Crippen LogP) is 3.93. The van der Waals surface area contributed by atoms with Crippen LogP contribution in [0.3, 0.4) is 0 Å². The summed E-state index contributed by atoms with van der Waals surface area (Å²) in [6.45, 7) is 3.65. The Morgan fingerprint density at radius 2 is 1.81 bits per heavy atom. The molecule has 0 saturated carbocycles. The first-order chi connectivity index (χ1) is 7.83. The number of carbonyl (C=O) groups excluding carboxylic acids is 1. The first-order valence-electron chi connectivity index (χ1n) is 5.99. The van der Waals surface area contributed by atoms with Crippen LogP contribution in [-0.2, 0) is 11.2 Å². The molecule has 0 saturated heterocycles. The molecule has 1 rings (SSSR count). The molecule has 0 radical (unpaired) electrons. The lowest BCUT2D eigenvalue weighted by molar-refractivity contribution is -0.119. The van der Waals surface area contributed by atoms with Crippen molar-refractivity contribution in [1.82, 2.24) is 0 Å². The fourth-order valence-corrected chi connectivity index (χ4v) is 1.70. The number of aryl methyl sites for hydroxylation is 1. The largest absolute Gasteiger partial charge is 0.300 e. The Hall–Kier alpha value is -1.37. The van der Waals surface area contributed by atoms with Gasteiger partial charge in [0.05, 0.1) is 0 Å². The average molecular weight is 216 g/mol. The molecule has 1 aromatic rings. The number of rotatable bonds is 8. The second kappa shape index (κ2) is 7.86. The van der Waals surface area contributed by atoms with Gasteiger partial charge in [-0.2, -0.15) is 0 Å². The zero-order valence-electron chi connectivity index (χ0n) is 9.82. The summed E-state index contributed by atoms with van der Waals surface area (Å²) >= 11 is 0. The summed E-state index contributed by atoms with van der Waals surface area (Å²) < 4.78 is 0. The number of hydrogen-bond donors (Lipinski definition) is 0. The second-order valence-electron chi connectivity index (χ2n) is 4.06. The Morgan fingerprint density at radius 1 is 1.12 bits per heavy atom. The van der Waals surface area contributed by atoms with E-state index in [0.717, 1.165) is 25.7 Å². The van der Waals surface area contributed by atoms with E-state index in [-0.39, 0.29) is 0 Å². The maximum absolute atomic E-state index is 11.5. The predicted molar refractivity (Wildman–Crippen MR) is 68.4 cm³/mol. The van der Waals surface area contributed by atoms with Gasteiger partial charge in [-0.3, -0.25) is 4.79 Å². The zero-order chi connectivity index (χ0) is 11.6. The number of ketones is 1. The maximum Gasteiger partial charge on any atom is 0.132 e. The molecule has 0 aromatic heterocycles. The fraction of sp³-hybridized carbons (Fsp3) is 0.400.